The summed E-state index contributed by atoms with van der Waals surface area (Å²) in [6.45, 7) is 3.32. The van der Waals surface area contributed by atoms with Gasteiger partial charge in [0, 0.05) is 12.5 Å². The Morgan fingerprint density at radius 2 is 1.94 bits per heavy atom. The molecule has 2 nitrogen and oxygen atoms in total. The van der Waals surface area contributed by atoms with Crippen LogP contribution in [0.4, 0.5) is 0 Å². The summed E-state index contributed by atoms with van der Waals surface area (Å²) in [4.78, 5) is 2.95. The molecule has 0 radical (unpaired) electrons. The molecule has 1 atom stereocenters. The molecule has 1 rings (SSSR count). The number of nitrogens with zero attached hydrogens (tertiary/aromatic N) is 1. The lowest BCUT2D eigenvalue weighted by atomic mass is 10.0. The van der Waals surface area contributed by atoms with Crippen molar-refractivity contribution in [1.82, 2.24) is 4.90 Å². The van der Waals surface area contributed by atoms with Crippen LogP contribution in [0.15, 0.2) is 30.3 Å². The Bertz CT molecular complexity index is 351. The molecule has 0 fully saturated rings. The van der Waals surface area contributed by atoms with Gasteiger partial charge in [-0.25, -0.2) is 0 Å². The smallest absolute Gasteiger partial charge is 0.0746 e. The maximum absolute atomic E-state index is 5.73. The zero-order valence-corrected chi connectivity index (χ0v) is 12.2. The highest BCUT2D eigenvalue weighted by atomic mass is 32.1. The summed E-state index contributed by atoms with van der Waals surface area (Å²) in [6.07, 6.45) is 4.51. The van der Waals surface area contributed by atoms with E-state index in [2.05, 4.69) is 43.1 Å². The van der Waals surface area contributed by atoms with Crippen LogP contribution >= 0.6 is 12.2 Å². The summed E-state index contributed by atoms with van der Waals surface area (Å²) in [5.74, 6) is 0. The lowest BCUT2D eigenvalue weighted by Crippen LogP contribution is -2.29. The molecule has 100 valence electrons. The largest absolute Gasteiger partial charge is 0.393 e. The van der Waals surface area contributed by atoms with Gasteiger partial charge in [-0.2, -0.15) is 0 Å². The van der Waals surface area contributed by atoms with Crippen molar-refractivity contribution in [3.8, 4) is 0 Å². The second kappa shape index (κ2) is 8.22. The molecule has 0 spiro atoms. The molecule has 0 aliphatic heterocycles. The molecule has 0 saturated carbocycles. The first-order valence-electron chi connectivity index (χ1n) is 6.68. The fourth-order valence-corrected chi connectivity index (χ4v) is 2.32. The first-order valence-corrected chi connectivity index (χ1v) is 7.09. The van der Waals surface area contributed by atoms with Crippen molar-refractivity contribution in [2.45, 2.75) is 38.6 Å². The highest BCUT2D eigenvalue weighted by Crippen LogP contribution is 2.23. The van der Waals surface area contributed by atoms with Crippen LogP contribution in [-0.2, 0) is 0 Å². The van der Waals surface area contributed by atoms with Crippen molar-refractivity contribution in [2.24, 2.45) is 5.73 Å². The Balaban J connectivity index is 2.69. The van der Waals surface area contributed by atoms with E-state index < -0.39 is 0 Å². The molecule has 0 aliphatic carbocycles. The maximum Gasteiger partial charge on any atom is 0.0746 e. The third-order valence-electron chi connectivity index (χ3n) is 3.23. The number of benzene rings is 1. The molecule has 3 heteroatoms. The normalized spacial score (nSPS) is 12.6. The van der Waals surface area contributed by atoms with Crippen LogP contribution in [-0.4, -0.2) is 23.5 Å². The minimum absolute atomic E-state index is 0.306. The predicted octanol–water partition coefficient (Wildman–Crippen LogP) is 3.53. The molecule has 1 unspecified atom stereocenters. The van der Waals surface area contributed by atoms with Gasteiger partial charge in [-0.3, -0.25) is 4.90 Å². The Kier molecular flexibility index (Phi) is 6.91. The van der Waals surface area contributed by atoms with E-state index in [4.69, 9.17) is 18.0 Å². The molecule has 0 saturated heterocycles. The van der Waals surface area contributed by atoms with Gasteiger partial charge in [0.15, 0.2) is 0 Å². The minimum atomic E-state index is 0.306. The van der Waals surface area contributed by atoms with Crippen molar-refractivity contribution in [2.75, 3.05) is 13.6 Å². The zero-order valence-electron chi connectivity index (χ0n) is 11.4. The number of unbranched alkanes of at least 4 members (excludes halogenated alkanes) is 2. The molecular weight excluding hydrogens is 240 g/mol. The number of rotatable bonds is 8. The first-order chi connectivity index (χ1) is 8.65. The van der Waals surface area contributed by atoms with Gasteiger partial charge in [0.1, 0.15) is 0 Å². The molecule has 0 heterocycles. The van der Waals surface area contributed by atoms with Gasteiger partial charge in [-0.05, 0) is 25.6 Å². The van der Waals surface area contributed by atoms with Crippen LogP contribution in [0.25, 0.3) is 0 Å². The van der Waals surface area contributed by atoms with Crippen LogP contribution in [0.1, 0.15) is 44.2 Å². The predicted molar refractivity (Wildman–Crippen MR) is 82.7 cm³/mol. The third-order valence-corrected chi connectivity index (χ3v) is 3.39. The Labute approximate surface area is 116 Å². The number of hydrogen-bond acceptors (Lipinski definition) is 2. The topological polar surface area (TPSA) is 29.3 Å². The van der Waals surface area contributed by atoms with Crippen molar-refractivity contribution in [3.05, 3.63) is 35.9 Å². The fraction of sp³-hybridized carbons (Fsp3) is 0.533. The second-order valence-electron chi connectivity index (χ2n) is 4.78. The summed E-state index contributed by atoms with van der Waals surface area (Å²) in [7, 11) is 2.16. The molecule has 18 heavy (non-hydrogen) atoms. The van der Waals surface area contributed by atoms with E-state index >= 15 is 0 Å². The summed E-state index contributed by atoms with van der Waals surface area (Å²) >= 11 is 5.08. The Morgan fingerprint density at radius 3 is 2.50 bits per heavy atom. The van der Waals surface area contributed by atoms with Gasteiger partial charge >= 0.3 is 0 Å². The van der Waals surface area contributed by atoms with E-state index in [1.165, 1.54) is 24.8 Å². The summed E-state index contributed by atoms with van der Waals surface area (Å²) in [5.41, 5.74) is 7.02. The first kappa shape index (κ1) is 15.1. The van der Waals surface area contributed by atoms with E-state index in [-0.39, 0.29) is 0 Å². The lowest BCUT2D eigenvalue weighted by Gasteiger charge is -2.28. The standard InChI is InChI=1S/C15H24N2S/c1-3-4-8-11-17(2)14(12-15(16)18)13-9-6-5-7-10-13/h5-7,9-10,14H,3-4,8,11-12H2,1-2H3,(H2,16,18). The molecule has 0 amide bonds. The van der Waals surface area contributed by atoms with Gasteiger partial charge in [0.25, 0.3) is 0 Å². The van der Waals surface area contributed by atoms with Gasteiger partial charge in [0.2, 0.25) is 0 Å². The number of hydrogen-bond donors (Lipinski definition) is 1. The fourth-order valence-electron chi connectivity index (χ4n) is 2.16. The van der Waals surface area contributed by atoms with Gasteiger partial charge < -0.3 is 5.73 Å². The summed E-state index contributed by atoms with van der Waals surface area (Å²) in [6, 6.07) is 10.8. The highest BCUT2D eigenvalue weighted by Gasteiger charge is 2.17. The van der Waals surface area contributed by atoms with Gasteiger partial charge in [-0.1, -0.05) is 62.3 Å². The Morgan fingerprint density at radius 1 is 1.28 bits per heavy atom. The summed E-state index contributed by atoms with van der Waals surface area (Å²) < 4.78 is 0. The SMILES string of the molecule is CCCCCN(C)C(CC(N)=S)c1ccccc1. The molecule has 0 aliphatic rings. The van der Waals surface area contributed by atoms with Gasteiger partial charge in [0.05, 0.1) is 4.99 Å². The molecular formula is C15H24N2S. The van der Waals surface area contributed by atoms with Crippen LogP contribution in [0.2, 0.25) is 0 Å². The van der Waals surface area contributed by atoms with E-state index in [1.54, 1.807) is 0 Å². The van der Waals surface area contributed by atoms with E-state index in [0.717, 1.165) is 13.0 Å². The number of thiocarbonyl (C=S) groups is 1. The van der Waals surface area contributed by atoms with Crippen molar-refractivity contribution in [1.29, 1.82) is 0 Å². The second-order valence-corrected chi connectivity index (χ2v) is 5.31. The monoisotopic (exact) mass is 264 g/mol. The summed E-state index contributed by atoms with van der Waals surface area (Å²) in [5, 5.41) is 0. The minimum Gasteiger partial charge on any atom is -0.393 e. The molecule has 1 aromatic rings. The molecule has 0 bridgehead atoms. The van der Waals surface area contributed by atoms with E-state index in [1.807, 2.05) is 6.07 Å². The molecule has 0 aromatic heterocycles. The molecule has 1 aromatic carbocycles. The Hall–Kier alpha value is -0.930. The van der Waals surface area contributed by atoms with E-state index in [0.29, 0.717) is 11.0 Å². The average molecular weight is 264 g/mol. The van der Waals surface area contributed by atoms with Crippen molar-refractivity contribution >= 4 is 17.2 Å². The molecule has 2 N–H and O–H groups in total. The quantitative estimate of drug-likeness (QED) is 0.575. The van der Waals surface area contributed by atoms with Crippen LogP contribution < -0.4 is 5.73 Å². The maximum atomic E-state index is 5.73. The van der Waals surface area contributed by atoms with Crippen LogP contribution in [0.5, 0.6) is 0 Å². The zero-order chi connectivity index (χ0) is 13.4. The highest BCUT2D eigenvalue weighted by molar-refractivity contribution is 7.80. The lowest BCUT2D eigenvalue weighted by molar-refractivity contribution is 0.245. The van der Waals surface area contributed by atoms with E-state index in [9.17, 15) is 0 Å². The van der Waals surface area contributed by atoms with Crippen molar-refractivity contribution in [3.63, 3.8) is 0 Å². The van der Waals surface area contributed by atoms with Crippen LogP contribution in [0, 0.1) is 0 Å². The van der Waals surface area contributed by atoms with Crippen molar-refractivity contribution < 1.29 is 0 Å². The average Bonchev–Trinajstić information content (AvgIpc) is 2.37. The number of nitrogens with two attached hydrogens (primary N) is 1. The van der Waals surface area contributed by atoms with Gasteiger partial charge in [-0.15, -0.1) is 0 Å². The third kappa shape index (κ3) is 5.15. The van der Waals surface area contributed by atoms with Crippen LogP contribution in [0.3, 0.4) is 0 Å².